The summed E-state index contributed by atoms with van der Waals surface area (Å²) >= 11 is 0. The van der Waals surface area contributed by atoms with Crippen molar-refractivity contribution in [1.82, 2.24) is 0 Å². The summed E-state index contributed by atoms with van der Waals surface area (Å²) in [5.41, 5.74) is 0.757. The molecule has 1 aliphatic carbocycles. The van der Waals surface area contributed by atoms with Crippen molar-refractivity contribution in [3.05, 3.63) is 40.9 Å². The maximum absolute atomic E-state index is 11.3. The van der Waals surface area contributed by atoms with Gasteiger partial charge in [-0.3, -0.25) is 4.42 Å². The van der Waals surface area contributed by atoms with Gasteiger partial charge < -0.3 is 9.84 Å². The molecule has 0 saturated heterocycles. The van der Waals surface area contributed by atoms with E-state index < -0.39 is 12.0 Å². The maximum atomic E-state index is 11.3. The predicted molar refractivity (Wildman–Crippen MR) is 61.3 cm³/mol. The van der Waals surface area contributed by atoms with E-state index in [0.29, 0.717) is 5.78 Å². The lowest BCUT2D eigenvalue weighted by molar-refractivity contribution is -0.417. The third kappa shape index (κ3) is 3.76. The van der Waals surface area contributed by atoms with Crippen LogP contribution in [0.5, 0.6) is 0 Å². The largest absolute Gasteiger partial charge is 0.858 e. The molecule has 1 atom stereocenters. The average molecular weight is 236 g/mol. The lowest BCUT2D eigenvalue weighted by atomic mass is 10.1. The highest BCUT2D eigenvalue weighted by molar-refractivity contribution is 6.01. The first-order chi connectivity index (χ1) is 8.21. The van der Waals surface area contributed by atoms with Crippen molar-refractivity contribution in [2.24, 2.45) is 10.4 Å². The van der Waals surface area contributed by atoms with E-state index in [1.807, 2.05) is 0 Å². The van der Waals surface area contributed by atoms with Crippen LogP contribution in [-0.2, 0) is 9.16 Å². The molecule has 1 rings (SSSR count). The number of ketones is 1. The minimum Gasteiger partial charge on any atom is -0.858 e. The van der Waals surface area contributed by atoms with Gasteiger partial charge in [0.05, 0.1) is 5.29 Å². The normalized spacial score (nSPS) is 16.9. The molecule has 1 unspecified atom stereocenters. The molecular formula is C11H12N2O4. The van der Waals surface area contributed by atoms with Gasteiger partial charge in [-0.25, -0.2) is 0 Å². The zero-order valence-electron chi connectivity index (χ0n) is 9.49. The number of allylic oxidation sites excluding steroid dienone is 5. The van der Waals surface area contributed by atoms with Crippen molar-refractivity contribution < 1.29 is 14.3 Å². The quantitative estimate of drug-likeness (QED) is 0.230. The topological polar surface area (TPSA) is 85.4 Å². The Morgan fingerprint density at radius 3 is 2.59 bits per heavy atom. The smallest absolute Gasteiger partial charge is 0.343 e. The Morgan fingerprint density at radius 1 is 1.47 bits per heavy atom. The van der Waals surface area contributed by atoms with Crippen molar-refractivity contribution in [3.63, 3.8) is 0 Å². The molecule has 0 aromatic rings. The van der Waals surface area contributed by atoms with Crippen molar-refractivity contribution in [2.75, 3.05) is 14.2 Å². The summed E-state index contributed by atoms with van der Waals surface area (Å²) in [5, 5.41) is 16.3. The van der Waals surface area contributed by atoms with Gasteiger partial charge in [-0.1, -0.05) is 0 Å². The van der Waals surface area contributed by atoms with E-state index in [0.717, 1.165) is 5.57 Å². The van der Waals surface area contributed by atoms with E-state index in [9.17, 15) is 10.0 Å². The molecule has 0 amide bonds. The van der Waals surface area contributed by atoms with Crippen LogP contribution < -0.4 is 5.11 Å². The second kappa shape index (κ2) is 6.49. The zero-order chi connectivity index (χ0) is 12.7. The number of carbonyl (C=O) groups excluding carboxylic acids is 1. The minimum absolute atomic E-state index is 0.710. The molecule has 0 radical (unpaired) electrons. The summed E-state index contributed by atoms with van der Waals surface area (Å²) in [5.74, 6) is -0.0278. The molecule has 0 saturated carbocycles. The average Bonchev–Trinajstić information content (AvgIpc) is 2.37. The standard InChI is InChI=1S/C11H12N2O4/c1-16-9-5-3-8(4-6-9)7-10(17-2)11(14)12-13-15/h3-7,10H,1-2H3. The van der Waals surface area contributed by atoms with Crippen LogP contribution in [0.25, 0.3) is 0 Å². The van der Waals surface area contributed by atoms with Crippen LogP contribution >= 0.6 is 0 Å². The summed E-state index contributed by atoms with van der Waals surface area (Å²) in [6, 6.07) is 0. The highest BCUT2D eigenvalue weighted by atomic mass is 16.5. The minimum atomic E-state index is -0.916. The van der Waals surface area contributed by atoms with Crippen LogP contribution in [0.1, 0.15) is 0 Å². The molecular weight excluding hydrogens is 224 g/mol. The fourth-order valence-electron chi connectivity index (χ4n) is 1.23. The summed E-state index contributed by atoms with van der Waals surface area (Å²) in [4.78, 5) is 9.85. The van der Waals surface area contributed by atoms with Gasteiger partial charge in [-0.15, -0.1) is 10.0 Å². The summed E-state index contributed by atoms with van der Waals surface area (Å²) in [7, 11) is 2.91. The molecule has 0 aliphatic heterocycles. The maximum Gasteiger partial charge on any atom is 0.343 e. The molecule has 6 nitrogen and oxygen atoms in total. The molecule has 0 heterocycles. The zero-order valence-corrected chi connectivity index (χ0v) is 9.49. The lowest BCUT2D eigenvalue weighted by Gasteiger charge is -2.17. The molecule has 17 heavy (non-hydrogen) atoms. The monoisotopic (exact) mass is 236 g/mol. The molecule has 0 N–H and O–H groups in total. The van der Waals surface area contributed by atoms with E-state index >= 15 is 0 Å². The predicted octanol–water partition coefficient (Wildman–Crippen LogP) is 0.229. The summed E-state index contributed by atoms with van der Waals surface area (Å²) in [6.45, 7) is 0. The Labute approximate surface area is 98.3 Å². The van der Waals surface area contributed by atoms with E-state index in [-0.39, 0.29) is 0 Å². The summed E-state index contributed by atoms with van der Waals surface area (Å²) in [6.07, 6.45) is 7.63. The van der Waals surface area contributed by atoms with Crippen molar-refractivity contribution in [1.29, 1.82) is 0 Å². The molecule has 1 aliphatic rings. The number of rotatable bonds is 4. The van der Waals surface area contributed by atoms with E-state index in [1.54, 1.807) is 31.4 Å². The lowest BCUT2D eigenvalue weighted by Crippen LogP contribution is -2.32. The number of methoxy groups -OCH3 is 1. The van der Waals surface area contributed by atoms with Gasteiger partial charge in [0.2, 0.25) is 0 Å². The number of nitroso groups, excluding NO2 is 1. The number of hydrogen-bond acceptors (Lipinski definition) is 4. The Bertz CT molecular complexity index is 415. The highest BCUT2D eigenvalue weighted by Gasteiger charge is 2.09. The van der Waals surface area contributed by atoms with Gasteiger partial charge in [0, 0.05) is 25.2 Å². The van der Waals surface area contributed by atoms with Crippen LogP contribution in [0.15, 0.2) is 46.3 Å². The second-order valence-electron chi connectivity index (χ2n) is 3.12. The van der Waals surface area contributed by atoms with Crippen LogP contribution in [0.4, 0.5) is 0 Å². The van der Waals surface area contributed by atoms with E-state index in [2.05, 4.69) is 10.4 Å². The molecule has 0 aromatic carbocycles. The van der Waals surface area contributed by atoms with Crippen molar-refractivity contribution in [2.45, 2.75) is 6.10 Å². The first-order valence-electron chi connectivity index (χ1n) is 4.80. The van der Waals surface area contributed by atoms with Gasteiger partial charge >= 0.3 is 5.78 Å². The third-order valence-electron chi connectivity index (χ3n) is 2.10. The van der Waals surface area contributed by atoms with Gasteiger partial charge in [-0.05, 0) is 23.8 Å². The van der Waals surface area contributed by atoms with Gasteiger partial charge in [0.1, 0.15) is 6.10 Å². The fraction of sp³-hybridized carbons (Fsp3) is 0.273. The van der Waals surface area contributed by atoms with E-state index in [4.69, 9.17) is 9.16 Å². The Kier molecular flexibility index (Phi) is 4.96. The first kappa shape index (κ1) is 13.0. The van der Waals surface area contributed by atoms with Crippen LogP contribution in [-0.4, -0.2) is 32.0 Å². The molecule has 0 bridgehead atoms. The summed E-state index contributed by atoms with van der Waals surface area (Å²) < 4.78 is 9.90. The molecule has 6 heteroatoms. The Hall–Kier alpha value is -2.08. The van der Waals surface area contributed by atoms with Crippen molar-refractivity contribution in [3.8, 4) is 0 Å². The second-order valence-corrected chi connectivity index (χ2v) is 3.12. The number of hydrogen-bond donors (Lipinski definition) is 0. The Morgan fingerprint density at radius 2 is 2.12 bits per heavy atom. The number of nitrogens with zero attached hydrogens (tertiary/aromatic N) is 2. The fourth-order valence-corrected chi connectivity index (χ4v) is 1.23. The van der Waals surface area contributed by atoms with Crippen LogP contribution in [0.2, 0.25) is 0 Å². The molecule has 0 aromatic heterocycles. The van der Waals surface area contributed by atoms with Gasteiger partial charge in [0.15, 0.2) is 0 Å². The molecule has 0 spiro atoms. The van der Waals surface area contributed by atoms with E-state index in [1.165, 1.54) is 13.2 Å². The molecule has 0 fully saturated rings. The number of ether oxygens (including phenoxy) is 1. The van der Waals surface area contributed by atoms with Gasteiger partial charge in [-0.2, -0.15) is 0 Å². The van der Waals surface area contributed by atoms with Gasteiger partial charge in [0.25, 0.3) is 7.11 Å². The molecule has 90 valence electrons. The van der Waals surface area contributed by atoms with Crippen molar-refractivity contribution >= 4 is 11.7 Å². The SMILES string of the molecule is COC(C=C1C=CC(=[O+]C)C=C1)/C([O-])=N\N=O. The first-order valence-corrected chi connectivity index (χ1v) is 4.80. The third-order valence-corrected chi connectivity index (χ3v) is 2.10. The van der Waals surface area contributed by atoms with Crippen LogP contribution in [0.3, 0.4) is 0 Å². The highest BCUT2D eigenvalue weighted by Crippen LogP contribution is 2.09. The van der Waals surface area contributed by atoms with Crippen LogP contribution in [0, 0.1) is 4.91 Å². The Balaban J connectivity index is 2.85.